The predicted octanol–water partition coefficient (Wildman–Crippen LogP) is 2.25. The highest BCUT2D eigenvalue weighted by Gasteiger charge is 2.37. The van der Waals surface area contributed by atoms with Crippen LogP contribution in [0.4, 0.5) is 4.39 Å². The van der Waals surface area contributed by atoms with Crippen molar-refractivity contribution >= 4 is 15.9 Å². The summed E-state index contributed by atoms with van der Waals surface area (Å²) in [6, 6.07) is 5.15. The summed E-state index contributed by atoms with van der Waals surface area (Å²) in [5.74, 6) is -0.259. The van der Waals surface area contributed by atoms with E-state index in [4.69, 9.17) is 4.74 Å². The zero-order valence-corrected chi connectivity index (χ0v) is 11.8. The van der Waals surface area contributed by atoms with Crippen molar-refractivity contribution in [1.29, 1.82) is 0 Å². The largest absolute Gasteiger partial charge is 0.396 e. The molecule has 1 aliphatic heterocycles. The van der Waals surface area contributed by atoms with Crippen LogP contribution in [0.3, 0.4) is 0 Å². The molecule has 1 fully saturated rings. The Morgan fingerprint density at radius 3 is 2.78 bits per heavy atom. The number of hydrogen-bond donors (Lipinski definition) is 2. The van der Waals surface area contributed by atoms with Crippen LogP contribution in [0.5, 0.6) is 0 Å². The molecule has 1 aromatic rings. The summed E-state index contributed by atoms with van der Waals surface area (Å²) in [7, 11) is 0. The Morgan fingerprint density at radius 2 is 2.28 bits per heavy atom. The minimum Gasteiger partial charge on any atom is -0.396 e. The van der Waals surface area contributed by atoms with Crippen molar-refractivity contribution in [3.8, 4) is 0 Å². The summed E-state index contributed by atoms with van der Waals surface area (Å²) in [5, 5.41) is 12.6. The first-order chi connectivity index (χ1) is 8.56. The van der Waals surface area contributed by atoms with E-state index < -0.39 is 0 Å². The van der Waals surface area contributed by atoms with Gasteiger partial charge in [-0.1, -0.05) is 6.07 Å². The molecule has 0 bridgehead atoms. The van der Waals surface area contributed by atoms with E-state index in [1.807, 2.05) is 13.0 Å². The zero-order chi connectivity index (χ0) is 13.2. The molecule has 100 valence electrons. The smallest absolute Gasteiger partial charge is 0.137 e. The summed E-state index contributed by atoms with van der Waals surface area (Å²) >= 11 is 3.14. The SMILES string of the molecule is CC(NCC1(CO)COC1)c1ccc(Br)c(F)c1. The average molecular weight is 318 g/mol. The first-order valence-electron chi connectivity index (χ1n) is 5.93. The van der Waals surface area contributed by atoms with E-state index in [9.17, 15) is 9.50 Å². The van der Waals surface area contributed by atoms with Gasteiger partial charge in [-0.2, -0.15) is 0 Å². The zero-order valence-electron chi connectivity index (χ0n) is 10.2. The Hall–Kier alpha value is -0.490. The summed E-state index contributed by atoms with van der Waals surface area (Å²) in [6.07, 6.45) is 0. The number of nitrogens with one attached hydrogen (secondary N) is 1. The van der Waals surface area contributed by atoms with E-state index in [1.165, 1.54) is 6.07 Å². The third kappa shape index (κ3) is 2.91. The molecule has 5 heteroatoms. The quantitative estimate of drug-likeness (QED) is 0.875. The van der Waals surface area contributed by atoms with Crippen molar-refractivity contribution in [3.05, 3.63) is 34.1 Å². The molecular weight excluding hydrogens is 301 g/mol. The molecule has 1 saturated heterocycles. The molecule has 1 aliphatic rings. The van der Waals surface area contributed by atoms with Crippen LogP contribution in [-0.2, 0) is 4.74 Å². The van der Waals surface area contributed by atoms with Crippen LogP contribution in [0, 0.1) is 11.2 Å². The molecule has 3 nitrogen and oxygen atoms in total. The van der Waals surface area contributed by atoms with Crippen molar-refractivity contribution < 1.29 is 14.2 Å². The average Bonchev–Trinajstić information content (AvgIpc) is 2.31. The second-order valence-corrected chi connectivity index (χ2v) is 5.78. The summed E-state index contributed by atoms with van der Waals surface area (Å²) in [5.41, 5.74) is 0.728. The van der Waals surface area contributed by atoms with Crippen molar-refractivity contribution in [2.75, 3.05) is 26.4 Å². The van der Waals surface area contributed by atoms with Crippen LogP contribution in [0.2, 0.25) is 0 Å². The van der Waals surface area contributed by atoms with E-state index in [0.29, 0.717) is 24.2 Å². The van der Waals surface area contributed by atoms with E-state index in [0.717, 1.165) is 5.56 Å². The van der Waals surface area contributed by atoms with Gasteiger partial charge in [-0.25, -0.2) is 4.39 Å². The molecule has 1 unspecified atom stereocenters. The topological polar surface area (TPSA) is 41.5 Å². The molecule has 0 saturated carbocycles. The van der Waals surface area contributed by atoms with Gasteiger partial charge < -0.3 is 15.2 Å². The number of aliphatic hydroxyl groups is 1. The van der Waals surface area contributed by atoms with Gasteiger partial charge in [-0.15, -0.1) is 0 Å². The Balaban J connectivity index is 1.94. The van der Waals surface area contributed by atoms with Crippen molar-refractivity contribution in [2.24, 2.45) is 5.41 Å². The van der Waals surface area contributed by atoms with Gasteiger partial charge in [0.1, 0.15) is 5.82 Å². The summed E-state index contributed by atoms with van der Waals surface area (Å²) < 4.78 is 19.0. The second kappa shape index (κ2) is 5.65. The lowest BCUT2D eigenvalue weighted by molar-refractivity contribution is -0.135. The van der Waals surface area contributed by atoms with Crippen molar-refractivity contribution in [1.82, 2.24) is 5.32 Å². The molecule has 1 atom stereocenters. The van der Waals surface area contributed by atoms with Gasteiger partial charge in [0.25, 0.3) is 0 Å². The van der Waals surface area contributed by atoms with Gasteiger partial charge in [-0.3, -0.25) is 0 Å². The molecular formula is C13H17BrFNO2. The lowest BCUT2D eigenvalue weighted by atomic mass is 9.86. The highest BCUT2D eigenvalue weighted by molar-refractivity contribution is 9.10. The van der Waals surface area contributed by atoms with E-state index in [-0.39, 0.29) is 23.9 Å². The normalized spacial score (nSPS) is 19.3. The highest BCUT2D eigenvalue weighted by atomic mass is 79.9. The standard InChI is InChI=1S/C13H17BrFNO2/c1-9(10-2-3-11(14)12(15)4-10)16-5-13(6-17)7-18-8-13/h2-4,9,16-17H,5-8H2,1H3. The third-order valence-corrected chi connectivity index (χ3v) is 4.02. The van der Waals surface area contributed by atoms with E-state index in [1.54, 1.807) is 6.07 Å². The number of rotatable bonds is 5. The van der Waals surface area contributed by atoms with Gasteiger partial charge in [0.2, 0.25) is 0 Å². The molecule has 1 aromatic carbocycles. The van der Waals surface area contributed by atoms with Crippen LogP contribution in [-0.4, -0.2) is 31.5 Å². The fourth-order valence-corrected chi connectivity index (χ4v) is 2.16. The minimum atomic E-state index is -0.259. The summed E-state index contributed by atoms with van der Waals surface area (Å²) in [4.78, 5) is 0. The van der Waals surface area contributed by atoms with Crippen LogP contribution in [0.1, 0.15) is 18.5 Å². The van der Waals surface area contributed by atoms with Crippen LogP contribution < -0.4 is 5.32 Å². The minimum absolute atomic E-state index is 0.0385. The molecule has 0 spiro atoms. The van der Waals surface area contributed by atoms with E-state index in [2.05, 4.69) is 21.2 Å². The monoisotopic (exact) mass is 317 g/mol. The fraction of sp³-hybridized carbons (Fsp3) is 0.538. The van der Waals surface area contributed by atoms with Crippen LogP contribution >= 0.6 is 15.9 Å². The van der Waals surface area contributed by atoms with E-state index >= 15 is 0 Å². The first kappa shape index (κ1) is 13.9. The first-order valence-corrected chi connectivity index (χ1v) is 6.73. The Kier molecular flexibility index (Phi) is 4.37. The predicted molar refractivity (Wildman–Crippen MR) is 70.9 cm³/mol. The van der Waals surface area contributed by atoms with Crippen molar-refractivity contribution in [2.45, 2.75) is 13.0 Å². The highest BCUT2D eigenvalue weighted by Crippen LogP contribution is 2.27. The maximum absolute atomic E-state index is 13.4. The summed E-state index contributed by atoms with van der Waals surface area (Å²) in [6.45, 7) is 3.92. The molecule has 2 N–H and O–H groups in total. The van der Waals surface area contributed by atoms with Crippen LogP contribution in [0.15, 0.2) is 22.7 Å². The van der Waals surface area contributed by atoms with Crippen LogP contribution in [0.25, 0.3) is 0 Å². The number of benzene rings is 1. The van der Waals surface area contributed by atoms with Gasteiger partial charge in [-0.05, 0) is 40.5 Å². The number of halogens is 2. The molecule has 0 aromatic heterocycles. The molecule has 0 radical (unpaired) electrons. The lowest BCUT2D eigenvalue weighted by Crippen LogP contribution is -2.52. The maximum atomic E-state index is 13.4. The van der Waals surface area contributed by atoms with Gasteiger partial charge in [0.05, 0.1) is 29.7 Å². The molecule has 0 amide bonds. The Labute approximate surface area is 114 Å². The molecule has 1 heterocycles. The Morgan fingerprint density at radius 1 is 1.56 bits per heavy atom. The van der Waals surface area contributed by atoms with Gasteiger partial charge >= 0.3 is 0 Å². The lowest BCUT2D eigenvalue weighted by Gasteiger charge is -2.40. The molecule has 18 heavy (non-hydrogen) atoms. The number of ether oxygens (including phenoxy) is 1. The Bertz CT molecular complexity index is 418. The molecule has 2 rings (SSSR count). The second-order valence-electron chi connectivity index (χ2n) is 4.93. The van der Waals surface area contributed by atoms with Gasteiger partial charge in [0, 0.05) is 12.6 Å². The van der Waals surface area contributed by atoms with Crippen molar-refractivity contribution in [3.63, 3.8) is 0 Å². The third-order valence-electron chi connectivity index (χ3n) is 3.38. The maximum Gasteiger partial charge on any atom is 0.137 e. The molecule has 0 aliphatic carbocycles. The fourth-order valence-electron chi connectivity index (χ4n) is 1.91. The van der Waals surface area contributed by atoms with Gasteiger partial charge in [0.15, 0.2) is 0 Å². The number of hydrogen-bond acceptors (Lipinski definition) is 3. The number of aliphatic hydroxyl groups excluding tert-OH is 1.